The summed E-state index contributed by atoms with van der Waals surface area (Å²) in [6, 6.07) is 8.80. The molecular formula is C12H15NO3. The maximum atomic E-state index is 12.0. The number of hydrogen-bond donors (Lipinski definition) is 2. The van der Waals surface area contributed by atoms with Crippen molar-refractivity contribution in [3.05, 3.63) is 35.9 Å². The number of piperidine rings is 1. The molecule has 0 bridgehead atoms. The van der Waals surface area contributed by atoms with Gasteiger partial charge in [-0.3, -0.25) is 4.79 Å². The Morgan fingerprint density at radius 3 is 2.62 bits per heavy atom. The smallest absolute Gasteiger partial charge is 0.255 e. The number of nitrogens with zero attached hydrogens (tertiary/aromatic N) is 1. The Bertz CT molecular complexity index is 366. The van der Waals surface area contributed by atoms with Crippen LogP contribution in [0.15, 0.2) is 30.3 Å². The minimum absolute atomic E-state index is 0.230. The quantitative estimate of drug-likeness (QED) is 0.730. The molecule has 2 N–H and O–H groups in total. The van der Waals surface area contributed by atoms with Gasteiger partial charge in [0.15, 0.2) is 6.23 Å². The van der Waals surface area contributed by atoms with Gasteiger partial charge in [0, 0.05) is 12.1 Å². The van der Waals surface area contributed by atoms with Crippen LogP contribution in [0.5, 0.6) is 0 Å². The molecule has 0 aromatic heterocycles. The van der Waals surface area contributed by atoms with Crippen molar-refractivity contribution in [2.45, 2.75) is 25.2 Å². The van der Waals surface area contributed by atoms with Gasteiger partial charge < -0.3 is 15.1 Å². The van der Waals surface area contributed by atoms with E-state index in [9.17, 15) is 15.0 Å². The largest absolute Gasteiger partial charge is 0.388 e. The van der Waals surface area contributed by atoms with Crippen molar-refractivity contribution in [2.75, 3.05) is 6.54 Å². The fourth-order valence-electron chi connectivity index (χ4n) is 1.93. The van der Waals surface area contributed by atoms with Crippen molar-refractivity contribution in [3.8, 4) is 0 Å². The van der Waals surface area contributed by atoms with Crippen LogP contribution in [0.4, 0.5) is 0 Å². The monoisotopic (exact) mass is 221 g/mol. The molecule has 0 unspecified atom stereocenters. The average Bonchev–Trinajstić information content (AvgIpc) is 2.33. The molecule has 2 rings (SSSR count). The molecule has 86 valence electrons. The van der Waals surface area contributed by atoms with Crippen LogP contribution in [0.3, 0.4) is 0 Å². The Kier molecular flexibility index (Phi) is 3.22. The van der Waals surface area contributed by atoms with E-state index >= 15 is 0 Å². The van der Waals surface area contributed by atoms with Crippen LogP contribution < -0.4 is 0 Å². The Labute approximate surface area is 94.1 Å². The molecule has 0 aliphatic carbocycles. The lowest BCUT2D eigenvalue weighted by Crippen LogP contribution is -2.50. The van der Waals surface area contributed by atoms with Gasteiger partial charge >= 0.3 is 0 Å². The second-order valence-corrected chi connectivity index (χ2v) is 3.99. The fraction of sp³-hybridized carbons (Fsp3) is 0.417. The number of hydrogen-bond acceptors (Lipinski definition) is 3. The van der Waals surface area contributed by atoms with Crippen LogP contribution in [0.25, 0.3) is 0 Å². The predicted octanol–water partition coefficient (Wildman–Crippen LogP) is 0.602. The lowest BCUT2D eigenvalue weighted by Gasteiger charge is -2.35. The summed E-state index contributed by atoms with van der Waals surface area (Å²) in [6.07, 6.45) is -0.654. The third kappa shape index (κ3) is 2.08. The van der Waals surface area contributed by atoms with Crippen molar-refractivity contribution in [1.29, 1.82) is 0 Å². The van der Waals surface area contributed by atoms with Crippen LogP contribution in [-0.4, -0.2) is 39.9 Å². The van der Waals surface area contributed by atoms with Crippen molar-refractivity contribution in [2.24, 2.45) is 0 Å². The maximum Gasteiger partial charge on any atom is 0.255 e. The molecule has 1 fully saturated rings. The van der Waals surface area contributed by atoms with Crippen molar-refractivity contribution in [1.82, 2.24) is 4.90 Å². The van der Waals surface area contributed by atoms with E-state index in [1.807, 2.05) is 6.07 Å². The summed E-state index contributed by atoms with van der Waals surface area (Å²) in [5.74, 6) is -0.230. The standard InChI is InChI=1S/C12H15NO3/c14-10-7-4-8-13(12(10)16)11(15)9-5-2-1-3-6-9/h1-3,5-6,10,12,14,16H,4,7-8H2/t10-,12+/m0/s1. The van der Waals surface area contributed by atoms with Gasteiger partial charge in [-0.1, -0.05) is 18.2 Å². The minimum Gasteiger partial charge on any atom is -0.388 e. The lowest BCUT2D eigenvalue weighted by atomic mass is 10.0. The SMILES string of the molecule is O=C(c1ccccc1)N1CCC[C@H](O)[C@H]1O. The molecule has 16 heavy (non-hydrogen) atoms. The summed E-state index contributed by atoms with van der Waals surface area (Å²) in [4.78, 5) is 13.3. The van der Waals surface area contributed by atoms with Crippen molar-refractivity contribution >= 4 is 5.91 Å². The van der Waals surface area contributed by atoms with Gasteiger partial charge in [0.25, 0.3) is 5.91 Å². The fourth-order valence-corrected chi connectivity index (χ4v) is 1.93. The number of aliphatic hydroxyl groups excluding tert-OH is 2. The number of amides is 1. The molecule has 0 saturated carbocycles. The zero-order chi connectivity index (χ0) is 11.5. The molecule has 1 aliphatic rings. The maximum absolute atomic E-state index is 12.0. The highest BCUT2D eigenvalue weighted by Crippen LogP contribution is 2.18. The normalized spacial score (nSPS) is 25.5. The topological polar surface area (TPSA) is 60.8 Å². The van der Waals surface area contributed by atoms with Crippen LogP contribution in [-0.2, 0) is 0 Å². The Hall–Kier alpha value is -1.39. The highest BCUT2D eigenvalue weighted by Gasteiger charge is 2.31. The van der Waals surface area contributed by atoms with E-state index in [0.29, 0.717) is 18.5 Å². The molecule has 1 amide bonds. The zero-order valence-corrected chi connectivity index (χ0v) is 8.91. The number of carbonyl (C=O) groups is 1. The summed E-state index contributed by atoms with van der Waals surface area (Å²) >= 11 is 0. The highest BCUT2D eigenvalue weighted by atomic mass is 16.3. The Morgan fingerprint density at radius 2 is 1.94 bits per heavy atom. The Balaban J connectivity index is 2.15. The molecule has 4 heteroatoms. The predicted molar refractivity (Wildman–Crippen MR) is 58.7 cm³/mol. The van der Waals surface area contributed by atoms with Gasteiger partial charge in [-0.15, -0.1) is 0 Å². The molecule has 1 saturated heterocycles. The van der Waals surface area contributed by atoms with E-state index in [2.05, 4.69) is 0 Å². The second-order valence-electron chi connectivity index (χ2n) is 3.99. The third-order valence-corrected chi connectivity index (χ3v) is 2.84. The summed E-state index contributed by atoms with van der Waals surface area (Å²) < 4.78 is 0. The van der Waals surface area contributed by atoms with E-state index in [0.717, 1.165) is 6.42 Å². The van der Waals surface area contributed by atoms with E-state index in [4.69, 9.17) is 0 Å². The molecule has 0 radical (unpaired) electrons. The molecule has 1 heterocycles. The molecule has 1 aliphatic heterocycles. The molecular weight excluding hydrogens is 206 g/mol. The molecule has 1 aromatic carbocycles. The average molecular weight is 221 g/mol. The number of aliphatic hydroxyl groups is 2. The van der Waals surface area contributed by atoms with E-state index in [1.165, 1.54) is 4.90 Å². The number of likely N-dealkylation sites (tertiary alicyclic amines) is 1. The summed E-state index contributed by atoms with van der Waals surface area (Å²) in [5, 5.41) is 19.2. The number of rotatable bonds is 1. The first-order chi connectivity index (χ1) is 7.70. The van der Waals surface area contributed by atoms with Gasteiger partial charge in [-0.25, -0.2) is 0 Å². The van der Waals surface area contributed by atoms with Gasteiger partial charge in [0.05, 0.1) is 6.10 Å². The van der Waals surface area contributed by atoms with Gasteiger partial charge in [0.1, 0.15) is 0 Å². The molecule has 0 spiro atoms. The van der Waals surface area contributed by atoms with Gasteiger partial charge in [0.2, 0.25) is 0 Å². The zero-order valence-electron chi connectivity index (χ0n) is 8.91. The van der Waals surface area contributed by atoms with Crippen LogP contribution in [0.2, 0.25) is 0 Å². The van der Waals surface area contributed by atoms with E-state index in [1.54, 1.807) is 24.3 Å². The van der Waals surface area contributed by atoms with Crippen LogP contribution >= 0.6 is 0 Å². The number of benzene rings is 1. The first-order valence-electron chi connectivity index (χ1n) is 5.42. The second kappa shape index (κ2) is 4.63. The first-order valence-corrected chi connectivity index (χ1v) is 5.42. The summed E-state index contributed by atoms with van der Waals surface area (Å²) in [6.45, 7) is 0.492. The minimum atomic E-state index is -1.08. The van der Waals surface area contributed by atoms with Crippen LogP contribution in [0, 0.1) is 0 Å². The highest BCUT2D eigenvalue weighted by molar-refractivity contribution is 5.94. The number of carbonyl (C=O) groups excluding carboxylic acids is 1. The molecule has 1 aromatic rings. The molecule has 4 nitrogen and oxygen atoms in total. The van der Waals surface area contributed by atoms with E-state index in [-0.39, 0.29) is 5.91 Å². The summed E-state index contributed by atoms with van der Waals surface area (Å²) in [5.41, 5.74) is 0.538. The third-order valence-electron chi connectivity index (χ3n) is 2.84. The van der Waals surface area contributed by atoms with Crippen molar-refractivity contribution < 1.29 is 15.0 Å². The van der Waals surface area contributed by atoms with E-state index < -0.39 is 12.3 Å². The van der Waals surface area contributed by atoms with Crippen LogP contribution in [0.1, 0.15) is 23.2 Å². The molecule has 2 atom stereocenters. The first kappa shape index (κ1) is 11.1. The Morgan fingerprint density at radius 1 is 1.25 bits per heavy atom. The van der Waals surface area contributed by atoms with Crippen molar-refractivity contribution in [3.63, 3.8) is 0 Å². The van der Waals surface area contributed by atoms with Gasteiger partial charge in [-0.05, 0) is 25.0 Å². The lowest BCUT2D eigenvalue weighted by molar-refractivity contribution is -0.0901. The summed E-state index contributed by atoms with van der Waals surface area (Å²) in [7, 11) is 0. The van der Waals surface area contributed by atoms with Gasteiger partial charge in [-0.2, -0.15) is 0 Å².